The molecular weight excluding hydrogens is 316 g/mol. The van der Waals surface area contributed by atoms with Gasteiger partial charge in [0.1, 0.15) is 5.65 Å². The molecule has 128 valence electrons. The number of carbonyl (C=O) groups is 1. The largest absolute Gasteiger partial charge is 0.462 e. The molecule has 0 aliphatic carbocycles. The number of hydrogen-bond acceptors (Lipinski definition) is 5. The van der Waals surface area contributed by atoms with E-state index in [1.165, 1.54) is 0 Å². The molecule has 6 heteroatoms. The maximum atomic E-state index is 11.9. The second-order valence-corrected chi connectivity index (χ2v) is 5.84. The van der Waals surface area contributed by atoms with Gasteiger partial charge in [0.15, 0.2) is 5.82 Å². The zero-order chi connectivity index (χ0) is 17.8. The molecule has 0 unspecified atom stereocenters. The van der Waals surface area contributed by atoms with Crippen molar-refractivity contribution in [2.45, 2.75) is 27.2 Å². The minimum atomic E-state index is -0.347. The van der Waals surface area contributed by atoms with E-state index >= 15 is 0 Å². The number of aryl methyl sites for hydroxylation is 2. The summed E-state index contributed by atoms with van der Waals surface area (Å²) in [6, 6.07) is 10.9. The Morgan fingerprint density at radius 2 is 2.04 bits per heavy atom. The van der Waals surface area contributed by atoms with E-state index in [-0.39, 0.29) is 5.97 Å². The highest BCUT2D eigenvalue weighted by atomic mass is 16.5. The number of benzene rings is 1. The molecule has 0 fully saturated rings. The van der Waals surface area contributed by atoms with Gasteiger partial charge < -0.3 is 4.74 Å². The van der Waals surface area contributed by atoms with Crippen LogP contribution in [-0.2, 0) is 4.74 Å². The molecule has 25 heavy (non-hydrogen) atoms. The Labute approximate surface area is 146 Å². The molecule has 3 aromatic rings. The Balaban J connectivity index is 1.89. The van der Waals surface area contributed by atoms with Crippen LogP contribution in [0.1, 0.15) is 35.0 Å². The number of imidazole rings is 1. The molecule has 0 spiro atoms. The van der Waals surface area contributed by atoms with Crippen molar-refractivity contribution < 1.29 is 9.53 Å². The lowest BCUT2D eigenvalue weighted by Crippen LogP contribution is -2.05. The van der Waals surface area contributed by atoms with Gasteiger partial charge in [0, 0.05) is 6.20 Å². The minimum Gasteiger partial charge on any atom is -0.462 e. The third-order valence-corrected chi connectivity index (χ3v) is 3.69. The molecule has 0 bridgehead atoms. The average Bonchev–Trinajstić information content (AvgIpc) is 2.92. The van der Waals surface area contributed by atoms with Gasteiger partial charge >= 0.3 is 5.97 Å². The number of azo groups is 1. The molecule has 2 aromatic heterocycles. The normalized spacial score (nSPS) is 11.3. The van der Waals surface area contributed by atoms with Crippen LogP contribution < -0.4 is 0 Å². The Kier molecular flexibility index (Phi) is 4.88. The number of ether oxygens (including phenoxy) is 1. The molecule has 0 aliphatic rings. The van der Waals surface area contributed by atoms with Gasteiger partial charge in [-0.05, 0) is 50.1 Å². The summed E-state index contributed by atoms with van der Waals surface area (Å²) in [6.45, 7) is 6.28. The summed E-state index contributed by atoms with van der Waals surface area (Å²) in [6.07, 6.45) is 2.76. The first kappa shape index (κ1) is 16.8. The SMILES string of the molecule is CCCOC(=O)c1cccc(N=Nc2c(C)nc3ccc(C)cn23)c1. The highest BCUT2D eigenvalue weighted by Gasteiger charge is 2.09. The van der Waals surface area contributed by atoms with E-state index in [1.807, 2.05) is 43.5 Å². The van der Waals surface area contributed by atoms with Gasteiger partial charge in [-0.1, -0.05) is 19.1 Å². The molecular formula is C19H20N4O2. The van der Waals surface area contributed by atoms with Gasteiger partial charge in [0.05, 0.1) is 23.6 Å². The number of rotatable bonds is 5. The summed E-state index contributed by atoms with van der Waals surface area (Å²) in [7, 11) is 0. The molecule has 6 nitrogen and oxygen atoms in total. The van der Waals surface area contributed by atoms with Gasteiger partial charge in [0.25, 0.3) is 0 Å². The van der Waals surface area contributed by atoms with Crippen molar-refractivity contribution in [3.8, 4) is 0 Å². The van der Waals surface area contributed by atoms with Crippen molar-refractivity contribution in [1.29, 1.82) is 0 Å². The van der Waals surface area contributed by atoms with E-state index in [0.29, 0.717) is 23.7 Å². The van der Waals surface area contributed by atoms with Crippen molar-refractivity contribution in [2.75, 3.05) is 6.61 Å². The van der Waals surface area contributed by atoms with E-state index in [1.54, 1.807) is 24.3 Å². The molecule has 0 amide bonds. The first-order valence-electron chi connectivity index (χ1n) is 8.22. The lowest BCUT2D eigenvalue weighted by atomic mass is 10.2. The predicted octanol–water partition coefficient (Wildman–Crippen LogP) is 4.93. The van der Waals surface area contributed by atoms with Gasteiger partial charge in [-0.2, -0.15) is 0 Å². The highest BCUT2D eigenvalue weighted by Crippen LogP contribution is 2.24. The van der Waals surface area contributed by atoms with Gasteiger partial charge in [0.2, 0.25) is 0 Å². The maximum Gasteiger partial charge on any atom is 0.338 e. The molecule has 0 saturated heterocycles. The van der Waals surface area contributed by atoms with Crippen molar-refractivity contribution in [1.82, 2.24) is 9.38 Å². The smallest absolute Gasteiger partial charge is 0.338 e. The summed E-state index contributed by atoms with van der Waals surface area (Å²) in [5, 5.41) is 8.61. The van der Waals surface area contributed by atoms with E-state index in [4.69, 9.17) is 4.74 Å². The molecule has 0 saturated carbocycles. The van der Waals surface area contributed by atoms with Gasteiger partial charge in [-0.25, -0.2) is 9.78 Å². The third kappa shape index (κ3) is 3.74. The van der Waals surface area contributed by atoms with E-state index in [2.05, 4.69) is 15.2 Å². The summed E-state index contributed by atoms with van der Waals surface area (Å²) < 4.78 is 7.06. The van der Waals surface area contributed by atoms with Crippen LogP contribution in [0.25, 0.3) is 5.65 Å². The van der Waals surface area contributed by atoms with Crippen LogP contribution in [0.3, 0.4) is 0 Å². The fraction of sp³-hybridized carbons (Fsp3) is 0.263. The van der Waals surface area contributed by atoms with Crippen LogP contribution in [-0.4, -0.2) is 22.0 Å². The average molecular weight is 336 g/mol. The Morgan fingerprint density at radius 3 is 2.84 bits per heavy atom. The molecule has 0 radical (unpaired) electrons. The number of carbonyl (C=O) groups excluding carboxylic acids is 1. The number of aromatic nitrogens is 2. The van der Waals surface area contributed by atoms with Crippen LogP contribution in [0.4, 0.5) is 11.5 Å². The lowest BCUT2D eigenvalue weighted by Gasteiger charge is -2.03. The minimum absolute atomic E-state index is 0.347. The number of nitrogens with zero attached hydrogens (tertiary/aromatic N) is 4. The van der Waals surface area contributed by atoms with Crippen molar-refractivity contribution in [3.05, 3.63) is 59.4 Å². The summed E-state index contributed by atoms with van der Waals surface area (Å²) >= 11 is 0. The molecule has 0 aliphatic heterocycles. The standard InChI is InChI=1S/C19H20N4O2/c1-4-10-25-19(24)15-6-5-7-16(11-15)21-22-18-14(3)20-17-9-8-13(2)12-23(17)18/h5-9,11-12H,4,10H2,1-3H3. The number of esters is 1. The van der Waals surface area contributed by atoms with Gasteiger partial charge in [-0.3, -0.25) is 4.40 Å². The van der Waals surface area contributed by atoms with Crippen LogP contribution in [0.2, 0.25) is 0 Å². The van der Waals surface area contributed by atoms with Crippen LogP contribution >= 0.6 is 0 Å². The third-order valence-electron chi connectivity index (χ3n) is 3.69. The maximum absolute atomic E-state index is 11.9. The lowest BCUT2D eigenvalue weighted by molar-refractivity contribution is 0.0505. The van der Waals surface area contributed by atoms with E-state index in [9.17, 15) is 4.79 Å². The molecule has 2 heterocycles. The van der Waals surface area contributed by atoms with Crippen molar-refractivity contribution in [3.63, 3.8) is 0 Å². The molecule has 0 atom stereocenters. The second kappa shape index (κ2) is 7.25. The summed E-state index contributed by atoms with van der Waals surface area (Å²) in [5.41, 5.74) is 3.80. The molecule has 0 N–H and O–H groups in total. The quantitative estimate of drug-likeness (QED) is 0.490. The monoisotopic (exact) mass is 336 g/mol. The van der Waals surface area contributed by atoms with Crippen LogP contribution in [0.15, 0.2) is 52.8 Å². The zero-order valence-electron chi connectivity index (χ0n) is 14.6. The summed E-state index contributed by atoms with van der Waals surface area (Å²) in [4.78, 5) is 16.4. The van der Waals surface area contributed by atoms with Crippen molar-refractivity contribution >= 4 is 23.1 Å². The summed E-state index contributed by atoms with van der Waals surface area (Å²) in [5.74, 6) is 0.332. The highest BCUT2D eigenvalue weighted by molar-refractivity contribution is 5.90. The topological polar surface area (TPSA) is 68.3 Å². The number of pyridine rings is 1. The Hall–Kier alpha value is -3.02. The first-order valence-corrected chi connectivity index (χ1v) is 8.22. The fourth-order valence-corrected chi connectivity index (χ4v) is 2.45. The van der Waals surface area contributed by atoms with E-state index in [0.717, 1.165) is 23.3 Å². The Bertz CT molecular complexity index is 944. The first-order chi connectivity index (χ1) is 12.1. The predicted molar refractivity (Wildman–Crippen MR) is 95.9 cm³/mol. The number of hydrogen-bond donors (Lipinski definition) is 0. The zero-order valence-corrected chi connectivity index (χ0v) is 14.6. The van der Waals surface area contributed by atoms with Crippen molar-refractivity contribution in [2.24, 2.45) is 10.2 Å². The number of fused-ring (bicyclic) bond motifs is 1. The second-order valence-electron chi connectivity index (χ2n) is 5.84. The fourth-order valence-electron chi connectivity index (χ4n) is 2.45. The molecule has 1 aromatic carbocycles. The van der Waals surface area contributed by atoms with Gasteiger partial charge in [-0.15, -0.1) is 10.2 Å². The van der Waals surface area contributed by atoms with E-state index < -0.39 is 0 Å². The Morgan fingerprint density at radius 1 is 1.20 bits per heavy atom. The van der Waals surface area contributed by atoms with Crippen LogP contribution in [0.5, 0.6) is 0 Å². The van der Waals surface area contributed by atoms with Crippen LogP contribution in [0, 0.1) is 13.8 Å². The molecule has 3 rings (SSSR count).